The zero-order chi connectivity index (χ0) is 28.3. The number of Topliss-reactive ketones (excluding diaryl/α,β-unsaturated/α-hetero) is 1. The van der Waals surface area contributed by atoms with Crippen LogP contribution >= 0.6 is 22.9 Å². The molecule has 1 atom stereocenters. The summed E-state index contributed by atoms with van der Waals surface area (Å²) in [5.74, 6) is -0.826. The quantitative estimate of drug-likeness (QED) is 0.204. The van der Waals surface area contributed by atoms with Gasteiger partial charge in [-0.25, -0.2) is 9.37 Å². The predicted molar refractivity (Wildman–Crippen MR) is 153 cm³/mol. The van der Waals surface area contributed by atoms with Crippen LogP contribution in [0.4, 0.5) is 10.1 Å². The van der Waals surface area contributed by atoms with Gasteiger partial charge in [-0.15, -0.1) is 11.3 Å². The van der Waals surface area contributed by atoms with Crippen LogP contribution in [0.5, 0.6) is 0 Å². The van der Waals surface area contributed by atoms with Crippen molar-refractivity contribution in [1.82, 2.24) is 9.88 Å². The summed E-state index contributed by atoms with van der Waals surface area (Å²) >= 11 is 7.49. The van der Waals surface area contributed by atoms with E-state index in [1.54, 1.807) is 46.8 Å². The molecular weight excluding hydrogens is 553 g/mol. The molecule has 3 aromatic carbocycles. The van der Waals surface area contributed by atoms with Crippen molar-refractivity contribution in [1.29, 1.82) is 0 Å². The number of likely N-dealkylation sites (tertiary alicyclic amines) is 1. The van der Waals surface area contributed by atoms with E-state index in [0.717, 1.165) is 0 Å². The number of aldehydes is 1. The van der Waals surface area contributed by atoms with Crippen molar-refractivity contribution in [2.24, 2.45) is 0 Å². The van der Waals surface area contributed by atoms with E-state index in [4.69, 9.17) is 11.6 Å². The number of halogens is 2. The fourth-order valence-corrected chi connectivity index (χ4v) is 6.16. The molecule has 0 saturated carbocycles. The lowest BCUT2D eigenvalue weighted by Crippen LogP contribution is -2.45. The van der Waals surface area contributed by atoms with Gasteiger partial charge in [0.1, 0.15) is 12.1 Å². The highest BCUT2D eigenvalue weighted by Gasteiger charge is 2.37. The Morgan fingerprint density at radius 1 is 1.12 bits per heavy atom. The number of carbonyl (C=O) groups excluding carboxylic acids is 3. The third kappa shape index (κ3) is 5.77. The minimum Gasteiger partial charge on any atom is -0.385 e. The van der Waals surface area contributed by atoms with Gasteiger partial charge in [-0.1, -0.05) is 35.9 Å². The van der Waals surface area contributed by atoms with Crippen LogP contribution in [0, 0.1) is 5.82 Å². The number of ketones is 1. The minimum atomic E-state index is -1.08. The normalized spacial score (nSPS) is 15.5. The Balaban J connectivity index is 1.26. The highest BCUT2D eigenvalue weighted by Crippen LogP contribution is 2.37. The van der Waals surface area contributed by atoms with Crippen molar-refractivity contribution >= 4 is 56.8 Å². The lowest BCUT2D eigenvalue weighted by atomic mass is 9.84. The van der Waals surface area contributed by atoms with Crippen molar-refractivity contribution in [2.75, 3.05) is 18.4 Å². The van der Waals surface area contributed by atoms with Gasteiger partial charge in [0.05, 0.1) is 33.8 Å². The molecular formula is C30H27ClFN3O4S. The number of piperidine rings is 1. The number of nitrogens with zero attached hydrogens (tertiary/aromatic N) is 2. The highest BCUT2D eigenvalue weighted by molar-refractivity contribution is 7.16. The van der Waals surface area contributed by atoms with E-state index in [1.807, 2.05) is 18.2 Å². The number of thiazole rings is 1. The molecule has 1 saturated heterocycles. The van der Waals surface area contributed by atoms with Crippen molar-refractivity contribution in [3.8, 4) is 0 Å². The van der Waals surface area contributed by atoms with Crippen LogP contribution in [-0.4, -0.2) is 52.1 Å². The van der Waals surface area contributed by atoms with Crippen molar-refractivity contribution < 1.29 is 23.9 Å². The third-order valence-electron chi connectivity index (χ3n) is 7.34. The summed E-state index contributed by atoms with van der Waals surface area (Å²) in [5, 5.41) is 14.8. The molecule has 40 heavy (non-hydrogen) atoms. The maximum absolute atomic E-state index is 14.1. The summed E-state index contributed by atoms with van der Waals surface area (Å²) in [6.07, 6.45) is 1.27. The van der Waals surface area contributed by atoms with Crippen molar-refractivity contribution in [3.05, 3.63) is 93.7 Å². The SMILES string of the molecule is O=CCC(=O)C(Cc1ccc(F)c2scnc12)Nc1ccc(C(=O)N2CCC(O)(c3ccccc3Cl)CC2)cc1. The topological polar surface area (TPSA) is 99.6 Å². The molecule has 0 radical (unpaired) electrons. The average molecular weight is 580 g/mol. The fourth-order valence-electron chi connectivity index (χ4n) is 5.11. The number of anilines is 1. The molecule has 1 aliphatic heterocycles. The van der Waals surface area contributed by atoms with Gasteiger partial charge in [-0.3, -0.25) is 9.59 Å². The van der Waals surface area contributed by atoms with Crippen LogP contribution in [0.1, 0.15) is 40.7 Å². The second-order valence-electron chi connectivity index (χ2n) is 9.86. The zero-order valence-corrected chi connectivity index (χ0v) is 23.1. The molecule has 2 heterocycles. The summed E-state index contributed by atoms with van der Waals surface area (Å²) in [4.78, 5) is 43.0. The molecule has 1 amide bonds. The van der Waals surface area contributed by atoms with Crippen molar-refractivity contribution in [2.45, 2.75) is 37.3 Å². The van der Waals surface area contributed by atoms with Crippen LogP contribution in [0.3, 0.4) is 0 Å². The molecule has 7 nitrogen and oxygen atoms in total. The summed E-state index contributed by atoms with van der Waals surface area (Å²) in [6.45, 7) is 0.761. The lowest BCUT2D eigenvalue weighted by molar-refractivity contribution is -0.122. The largest absolute Gasteiger partial charge is 0.385 e. The molecule has 1 aromatic heterocycles. The molecule has 0 aliphatic carbocycles. The Hall–Kier alpha value is -3.66. The summed E-state index contributed by atoms with van der Waals surface area (Å²) in [7, 11) is 0. The molecule has 1 fully saturated rings. The number of hydrogen-bond donors (Lipinski definition) is 2. The Labute approximate surface area is 239 Å². The number of hydrogen-bond acceptors (Lipinski definition) is 7. The monoisotopic (exact) mass is 579 g/mol. The van der Waals surface area contributed by atoms with Crippen LogP contribution in [0.2, 0.25) is 5.02 Å². The van der Waals surface area contributed by atoms with Gasteiger partial charge < -0.3 is 20.1 Å². The zero-order valence-electron chi connectivity index (χ0n) is 21.5. The number of carbonyl (C=O) groups is 3. The molecule has 206 valence electrons. The number of aromatic nitrogens is 1. The number of amides is 1. The first kappa shape index (κ1) is 27.9. The molecule has 1 unspecified atom stereocenters. The van der Waals surface area contributed by atoms with Gasteiger partial charge >= 0.3 is 0 Å². The Bertz CT molecular complexity index is 1550. The summed E-state index contributed by atoms with van der Waals surface area (Å²) < 4.78 is 14.5. The fraction of sp³-hybridized carbons (Fsp3) is 0.267. The maximum Gasteiger partial charge on any atom is 0.253 e. The molecule has 1 aliphatic rings. The van der Waals surface area contributed by atoms with Crippen LogP contribution in [0.25, 0.3) is 10.2 Å². The Morgan fingerprint density at radius 3 is 2.55 bits per heavy atom. The number of rotatable bonds is 9. The van der Waals surface area contributed by atoms with E-state index in [0.29, 0.717) is 69.8 Å². The number of benzene rings is 3. The lowest BCUT2D eigenvalue weighted by Gasteiger charge is -2.39. The average Bonchev–Trinajstić information content (AvgIpc) is 3.46. The highest BCUT2D eigenvalue weighted by atomic mass is 35.5. The summed E-state index contributed by atoms with van der Waals surface area (Å²) in [5.41, 5.74) is 3.43. The van der Waals surface area contributed by atoms with Gasteiger partial charge in [-0.05, 0) is 54.8 Å². The van der Waals surface area contributed by atoms with E-state index in [1.165, 1.54) is 17.4 Å². The molecule has 10 heteroatoms. The van der Waals surface area contributed by atoms with Crippen LogP contribution in [-0.2, 0) is 21.6 Å². The molecule has 2 N–H and O–H groups in total. The van der Waals surface area contributed by atoms with Gasteiger partial charge in [0, 0.05) is 41.3 Å². The summed E-state index contributed by atoms with van der Waals surface area (Å²) in [6, 6.07) is 16.2. The van der Waals surface area contributed by atoms with E-state index >= 15 is 0 Å². The predicted octanol–water partition coefficient (Wildman–Crippen LogP) is 5.39. The second kappa shape index (κ2) is 11.8. The maximum atomic E-state index is 14.1. The molecule has 5 rings (SSSR count). The van der Waals surface area contributed by atoms with Gasteiger partial charge in [0.2, 0.25) is 0 Å². The molecule has 0 bridgehead atoms. The molecule has 0 spiro atoms. The number of nitrogens with one attached hydrogen (secondary N) is 1. The van der Waals surface area contributed by atoms with Gasteiger partial charge in [0.15, 0.2) is 5.78 Å². The smallest absolute Gasteiger partial charge is 0.253 e. The van der Waals surface area contributed by atoms with E-state index < -0.39 is 11.6 Å². The van der Waals surface area contributed by atoms with E-state index in [9.17, 15) is 23.9 Å². The molecule has 4 aromatic rings. The number of aliphatic hydroxyl groups is 1. The second-order valence-corrected chi connectivity index (χ2v) is 11.1. The van der Waals surface area contributed by atoms with E-state index in [-0.39, 0.29) is 30.3 Å². The van der Waals surface area contributed by atoms with Crippen molar-refractivity contribution in [3.63, 3.8) is 0 Å². The Kier molecular flexibility index (Phi) is 8.25. The van der Waals surface area contributed by atoms with Gasteiger partial charge in [-0.2, -0.15) is 0 Å². The first-order valence-electron chi connectivity index (χ1n) is 12.9. The minimum absolute atomic E-state index is 0.154. The van der Waals surface area contributed by atoms with Crippen LogP contribution < -0.4 is 5.32 Å². The first-order chi connectivity index (χ1) is 19.3. The van der Waals surface area contributed by atoms with E-state index in [2.05, 4.69) is 10.3 Å². The van der Waals surface area contributed by atoms with Gasteiger partial charge in [0.25, 0.3) is 5.91 Å². The third-order valence-corrected chi connectivity index (χ3v) is 8.51. The standard InChI is InChI=1S/C30H27ClFN3O4S/c31-23-4-2-1-3-22(23)30(39)12-14-35(15-13-30)29(38)19-5-8-21(9-6-19)34-25(26(37)11-16-36)17-20-7-10-24(32)28-27(20)33-18-40-28/h1-10,16,18,25,34,39H,11-15,17H2. The first-order valence-corrected chi connectivity index (χ1v) is 14.1. The Morgan fingerprint density at radius 2 is 1.85 bits per heavy atom. The number of fused-ring (bicyclic) bond motifs is 1. The van der Waals surface area contributed by atoms with Crippen LogP contribution in [0.15, 0.2) is 66.2 Å².